The maximum Gasteiger partial charge on any atom is 0.309 e. The van der Waals surface area contributed by atoms with E-state index >= 15 is 0 Å². The first-order chi connectivity index (χ1) is 8.88. The molecule has 7 heteroatoms. The molecule has 0 spiro atoms. The summed E-state index contributed by atoms with van der Waals surface area (Å²) in [5, 5.41) is 13.3. The Balaban J connectivity index is 2.38. The number of carbonyl (C=O) groups excluding carboxylic acids is 1. The maximum absolute atomic E-state index is 11.7. The van der Waals surface area contributed by atoms with Gasteiger partial charge >= 0.3 is 5.97 Å². The standard InChI is InChI=1S/C12H18N2O3S2/c1-7(2)8(3)13-10(15)6-19-12-14-9(5-18-12)4-11(16)17/h5,7-8H,4,6H2,1-3H3,(H,13,15)(H,16,17). The Labute approximate surface area is 120 Å². The van der Waals surface area contributed by atoms with E-state index in [1.54, 1.807) is 5.38 Å². The van der Waals surface area contributed by atoms with Crippen molar-refractivity contribution in [1.29, 1.82) is 0 Å². The molecule has 0 aliphatic carbocycles. The van der Waals surface area contributed by atoms with Crippen molar-refractivity contribution in [3.05, 3.63) is 11.1 Å². The third-order valence-corrected chi connectivity index (χ3v) is 4.65. The number of rotatable bonds is 7. The van der Waals surface area contributed by atoms with Gasteiger partial charge in [-0.2, -0.15) is 0 Å². The lowest BCUT2D eigenvalue weighted by atomic mass is 10.1. The zero-order valence-corrected chi connectivity index (χ0v) is 12.8. The summed E-state index contributed by atoms with van der Waals surface area (Å²) in [4.78, 5) is 26.3. The quantitative estimate of drug-likeness (QED) is 0.753. The van der Waals surface area contributed by atoms with E-state index in [4.69, 9.17) is 5.11 Å². The van der Waals surface area contributed by atoms with E-state index in [0.29, 0.717) is 17.4 Å². The lowest BCUT2D eigenvalue weighted by molar-refractivity contribution is -0.136. The average molecular weight is 302 g/mol. The molecule has 2 N–H and O–H groups in total. The van der Waals surface area contributed by atoms with Crippen molar-refractivity contribution >= 4 is 35.0 Å². The Kier molecular flexibility index (Phi) is 6.30. The number of thioether (sulfide) groups is 1. The summed E-state index contributed by atoms with van der Waals surface area (Å²) < 4.78 is 0.726. The molecule has 1 amide bonds. The van der Waals surface area contributed by atoms with Crippen LogP contribution in [-0.2, 0) is 16.0 Å². The highest BCUT2D eigenvalue weighted by molar-refractivity contribution is 8.01. The van der Waals surface area contributed by atoms with E-state index in [9.17, 15) is 9.59 Å². The number of carboxylic acids is 1. The first kappa shape index (κ1) is 16.0. The molecule has 1 aromatic heterocycles. The zero-order valence-electron chi connectivity index (χ0n) is 11.2. The maximum atomic E-state index is 11.7. The highest BCUT2D eigenvalue weighted by Gasteiger charge is 2.12. The highest BCUT2D eigenvalue weighted by Crippen LogP contribution is 2.22. The lowest BCUT2D eigenvalue weighted by Crippen LogP contribution is -2.37. The number of nitrogens with zero attached hydrogens (tertiary/aromatic N) is 1. The second-order valence-electron chi connectivity index (χ2n) is 4.56. The molecule has 0 aliphatic heterocycles. The second kappa shape index (κ2) is 7.49. The van der Waals surface area contributed by atoms with E-state index in [-0.39, 0.29) is 18.4 Å². The molecule has 1 atom stereocenters. The summed E-state index contributed by atoms with van der Waals surface area (Å²) in [6.45, 7) is 6.08. The van der Waals surface area contributed by atoms with E-state index in [2.05, 4.69) is 24.1 Å². The summed E-state index contributed by atoms with van der Waals surface area (Å²) in [5.41, 5.74) is 0.538. The average Bonchev–Trinajstić information content (AvgIpc) is 2.73. The Hall–Kier alpha value is -1.08. The summed E-state index contributed by atoms with van der Waals surface area (Å²) in [6, 6.07) is 0.145. The van der Waals surface area contributed by atoms with Gasteiger partial charge in [0, 0.05) is 11.4 Å². The molecule has 1 unspecified atom stereocenters. The van der Waals surface area contributed by atoms with Gasteiger partial charge in [0.15, 0.2) is 4.34 Å². The van der Waals surface area contributed by atoms with Crippen LogP contribution >= 0.6 is 23.1 Å². The fourth-order valence-electron chi connectivity index (χ4n) is 1.18. The monoisotopic (exact) mass is 302 g/mol. The molecule has 0 aromatic carbocycles. The van der Waals surface area contributed by atoms with Crippen LogP contribution in [-0.4, -0.2) is 33.8 Å². The molecule has 5 nitrogen and oxygen atoms in total. The first-order valence-corrected chi connectivity index (χ1v) is 7.83. The number of carbonyl (C=O) groups is 2. The van der Waals surface area contributed by atoms with Crippen LogP contribution in [0.15, 0.2) is 9.72 Å². The molecule has 1 rings (SSSR count). The Bertz CT molecular complexity index is 446. The number of hydrogen-bond donors (Lipinski definition) is 2. The predicted molar refractivity (Wildman–Crippen MR) is 76.6 cm³/mol. The minimum absolute atomic E-state index is 0.0267. The van der Waals surface area contributed by atoms with E-state index in [0.717, 1.165) is 4.34 Å². The molecule has 0 aliphatic rings. The van der Waals surface area contributed by atoms with Crippen molar-refractivity contribution in [1.82, 2.24) is 10.3 Å². The Morgan fingerprint density at radius 2 is 2.16 bits per heavy atom. The minimum Gasteiger partial charge on any atom is -0.481 e. The normalized spacial score (nSPS) is 12.4. The number of aliphatic carboxylic acids is 1. The van der Waals surface area contributed by atoms with Crippen molar-refractivity contribution in [2.45, 2.75) is 37.6 Å². The van der Waals surface area contributed by atoms with Crippen molar-refractivity contribution in [2.24, 2.45) is 5.92 Å². The van der Waals surface area contributed by atoms with Crippen LogP contribution < -0.4 is 5.32 Å². The van der Waals surface area contributed by atoms with Gasteiger partial charge < -0.3 is 10.4 Å². The molecular formula is C12H18N2O3S2. The fraction of sp³-hybridized carbons (Fsp3) is 0.583. The van der Waals surface area contributed by atoms with E-state index in [1.165, 1.54) is 23.1 Å². The number of nitrogens with one attached hydrogen (secondary N) is 1. The van der Waals surface area contributed by atoms with Crippen LogP contribution in [0.1, 0.15) is 26.5 Å². The van der Waals surface area contributed by atoms with Crippen molar-refractivity contribution < 1.29 is 14.7 Å². The Morgan fingerprint density at radius 1 is 1.47 bits per heavy atom. The van der Waals surface area contributed by atoms with Crippen LogP contribution in [0.4, 0.5) is 0 Å². The summed E-state index contributed by atoms with van der Waals surface area (Å²) in [6.07, 6.45) is -0.0758. The van der Waals surface area contributed by atoms with E-state index < -0.39 is 5.97 Å². The number of carboxylic acid groups (broad SMARTS) is 1. The van der Waals surface area contributed by atoms with E-state index in [1.807, 2.05) is 6.92 Å². The van der Waals surface area contributed by atoms with Gasteiger partial charge in [-0.15, -0.1) is 11.3 Å². The molecule has 19 heavy (non-hydrogen) atoms. The number of amides is 1. The molecule has 0 radical (unpaired) electrons. The SMILES string of the molecule is CC(C)C(C)NC(=O)CSc1nc(CC(=O)O)cs1. The van der Waals surface area contributed by atoms with Gasteiger partial charge in [-0.3, -0.25) is 9.59 Å². The molecule has 1 heterocycles. The summed E-state index contributed by atoms with van der Waals surface area (Å²) in [7, 11) is 0. The van der Waals surface area contributed by atoms with Crippen molar-refractivity contribution in [3.63, 3.8) is 0 Å². The van der Waals surface area contributed by atoms with Gasteiger partial charge in [0.05, 0.1) is 17.9 Å². The van der Waals surface area contributed by atoms with Crippen LogP contribution in [0.2, 0.25) is 0 Å². The molecule has 0 fully saturated rings. The smallest absolute Gasteiger partial charge is 0.309 e. The second-order valence-corrected chi connectivity index (χ2v) is 6.64. The lowest BCUT2D eigenvalue weighted by Gasteiger charge is -2.16. The zero-order chi connectivity index (χ0) is 14.4. The molecule has 0 bridgehead atoms. The van der Waals surface area contributed by atoms with Gasteiger partial charge in [0.1, 0.15) is 0 Å². The molecule has 1 aromatic rings. The minimum atomic E-state index is -0.898. The van der Waals surface area contributed by atoms with Crippen LogP contribution in [0.25, 0.3) is 0 Å². The summed E-state index contributed by atoms with van der Waals surface area (Å²) >= 11 is 2.70. The first-order valence-electron chi connectivity index (χ1n) is 5.97. The van der Waals surface area contributed by atoms with Gasteiger partial charge in [-0.05, 0) is 12.8 Å². The summed E-state index contributed by atoms with van der Waals surface area (Å²) in [5.74, 6) is -0.223. The molecule has 106 valence electrons. The Morgan fingerprint density at radius 3 is 2.74 bits per heavy atom. The number of aromatic nitrogens is 1. The van der Waals surface area contributed by atoms with Crippen LogP contribution in [0.3, 0.4) is 0 Å². The number of hydrogen-bond acceptors (Lipinski definition) is 5. The third kappa shape index (κ3) is 6.07. The molecule has 0 saturated carbocycles. The topological polar surface area (TPSA) is 79.3 Å². The third-order valence-electron chi connectivity index (χ3n) is 2.58. The highest BCUT2D eigenvalue weighted by atomic mass is 32.2. The van der Waals surface area contributed by atoms with Crippen LogP contribution in [0, 0.1) is 5.92 Å². The van der Waals surface area contributed by atoms with Gasteiger partial charge in [-0.25, -0.2) is 4.98 Å². The predicted octanol–water partition coefficient (Wildman–Crippen LogP) is 2.02. The molecule has 0 saturated heterocycles. The van der Waals surface area contributed by atoms with Gasteiger partial charge in [-0.1, -0.05) is 25.6 Å². The van der Waals surface area contributed by atoms with Crippen LogP contribution in [0.5, 0.6) is 0 Å². The van der Waals surface area contributed by atoms with Gasteiger partial charge in [0.2, 0.25) is 5.91 Å². The fourth-order valence-corrected chi connectivity index (χ4v) is 2.84. The van der Waals surface area contributed by atoms with Crippen molar-refractivity contribution in [2.75, 3.05) is 5.75 Å². The number of thiazole rings is 1. The largest absolute Gasteiger partial charge is 0.481 e. The van der Waals surface area contributed by atoms with Crippen molar-refractivity contribution in [3.8, 4) is 0 Å². The molecular weight excluding hydrogens is 284 g/mol. The van der Waals surface area contributed by atoms with Gasteiger partial charge in [0.25, 0.3) is 0 Å².